The van der Waals surface area contributed by atoms with E-state index in [0.29, 0.717) is 42.7 Å². The molecule has 2 rings (SSSR count). The fourth-order valence-corrected chi connectivity index (χ4v) is 3.39. The molecular formula is C30H41N3O5. The van der Waals surface area contributed by atoms with Gasteiger partial charge in [-0.1, -0.05) is 69.8 Å². The van der Waals surface area contributed by atoms with Crippen LogP contribution in [-0.2, 0) is 20.9 Å². The molecule has 1 aliphatic heterocycles. The van der Waals surface area contributed by atoms with Crippen molar-refractivity contribution in [3.8, 4) is 0 Å². The number of benzene rings is 1. The van der Waals surface area contributed by atoms with Crippen molar-refractivity contribution in [1.82, 2.24) is 10.6 Å². The van der Waals surface area contributed by atoms with E-state index in [2.05, 4.69) is 22.2 Å². The van der Waals surface area contributed by atoms with E-state index in [-0.39, 0.29) is 25.7 Å². The van der Waals surface area contributed by atoms with Crippen LogP contribution < -0.4 is 10.6 Å². The van der Waals surface area contributed by atoms with Gasteiger partial charge in [-0.25, -0.2) is 4.79 Å². The number of ether oxygens (including phenoxy) is 2. The molecule has 0 spiro atoms. The van der Waals surface area contributed by atoms with Gasteiger partial charge in [0.05, 0.1) is 19.3 Å². The first-order valence-electron chi connectivity index (χ1n) is 12.9. The number of alkyl carbamates (subject to hydrolysis) is 1. The second-order valence-electron chi connectivity index (χ2n) is 10.1. The van der Waals surface area contributed by atoms with Crippen LogP contribution in [0.1, 0.15) is 46.1 Å². The Bertz CT molecular complexity index is 1070. The molecule has 1 atom stereocenters. The standard InChI is InChI=1S/C30H41N3O5/c1-22-12-11-15-25(20-38-29(36)31-16-9-10-17-34)23(2)26(18-32-22)27(33-28(35)30(3,4)5)21-37-19-24-13-7-6-8-14-24/h6-8,11-15,18,27,34H,2,9-10,16-17,19-21H2,1,3-5H3,(H,31,36)(H,33,35)/b12-11-,25-15-,26-18+,32-22+/t27-/m1/s1. The van der Waals surface area contributed by atoms with Crippen LogP contribution in [0.3, 0.4) is 0 Å². The topological polar surface area (TPSA) is 109 Å². The highest BCUT2D eigenvalue weighted by Crippen LogP contribution is 2.25. The summed E-state index contributed by atoms with van der Waals surface area (Å²) in [6, 6.07) is 9.26. The van der Waals surface area contributed by atoms with Crippen molar-refractivity contribution in [3.63, 3.8) is 0 Å². The third kappa shape index (κ3) is 10.9. The second-order valence-corrected chi connectivity index (χ2v) is 10.1. The molecule has 0 radical (unpaired) electrons. The number of hydrogen-bond donors (Lipinski definition) is 3. The third-order valence-electron chi connectivity index (χ3n) is 5.75. The maximum atomic E-state index is 13.0. The molecule has 0 aliphatic carbocycles. The number of unbranched alkanes of at least 4 members (excludes halogenated alkanes) is 1. The molecular weight excluding hydrogens is 482 g/mol. The number of nitrogens with one attached hydrogen (secondary N) is 2. The van der Waals surface area contributed by atoms with Crippen LogP contribution in [-0.4, -0.2) is 55.2 Å². The van der Waals surface area contributed by atoms with Crippen molar-refractivity contribution >= 4 is 17.7 Å². The van der Waals surface area contributed by atoms with Gasteiger partial charge in [0.2, 0.25) is 5.91 Å². The number of aliphatic hydroxyl groups excluding tert-OH is 1. The predicted octanol–water partition coefficient (Wildman–Crippen LogP) is 4.63. The molecule has 1 heterocycles. The van der Waals surface area contributed by atoms with E-state index in [9.17, 15) is 9.59 Å². The number of nitrogens with zero attached hydrogens (tertiary/aromatic N) is 1. The molecule has 38 heavy (non-hydrogen) atoms. The largest absolute Gasteiger partial charge is 0.445 e. The van der Waals surface area contributed by atoms with Gasteiger partial charge >= 0.3 is 6.09 Å². The van der Waals surface area contributed by atoms with E-state index in [1.165, 1.54) is 0 Å². The van der Waals surface area contributed by atoms with Crippen molar-refractivity contribution in [3.05, 3.63) is 83.6 Å². The van der Waals surface area contributed by atoms with Crippen LogP contribution in [0.4, 0.5) is 4.79 Å². The van der Waals surface area contributed by atoms with E-state index in [1.807, 2.05) is 76.3 Å². The first kappa shape index (κ1) is 30.7. The smallest absolute Gasteiger partial charge is 0.407 e. The monoisotopic (exact) mass is 523 g/mol. The summed E-state index contributed by atoms with van der Waals surface area (Å²) in [5.74, 6) is -0.137. The average Bonchev–Trinajstić information content (AvgIpc) is 2.94. The summed E-state index contributed by atoms with van der Waals surface area (Å²) in [6.07, 6.45) is 7.90. The van der Waals surface area contributed by atoms with E-state index in [1.54, 1.807) is 6.20 Å². The molecule has 0 saturated heterocycles. The Morgan fingerprint density at radius 2 is 1.87 bits per heavy atom. The molecule has 1 aromatic carbocycles. The number of aliphatic imine (C=N–C) groups is 1. The summed E-state index contributed by atoms with van der Waals surface area (Å²) in [7, 11) is 0. The van der Waals surface area contributed by atoms with Gasteiger partial charge in [-0.2, -0.15) is 0 Å². The normalized spacial score (nSPS) is 19.7. The van der Waals surface area contributed by atoms with Crippen LogP contribution in [0.15, 0.2) is 83.1 Å². The first-order chi connectivity index (χ1) is 18.1. The molecule has 0 fully saturated rings. The van der Waals surface area contributed by atoms with Crippen LogP contribution >= 0.6 is 0 Å². The van der Waals surface area contributed by atoms with E-state index in [0.717, 1.165) is 11.3 Å². The minimum Gasteiger partial charge on any atom is -0.445 e. The number of rotatable bonds is 12. The lowest BCUT2D eigenvalue weighted by molar-refractivity contribution is -0.129. The highest BCUT2D eigenvalue weighted by atomic mass is 16.5. The van der Waals surface area contributed by atoms with Gasteiger partial charge in [0, 0.05) is 36.1 Å². The minimum atomic E-state index is -0.616. The third-order valence-corrected chi connectivity index (χ3v) is 5.75. The van der Waals surface area contributed by atoms with Gasteiger partial charge in [0.25, 0.3) is 0 Å². The maximum absolute atomic E-state index is 13.0. The van der Waals surface area contributed by atoms with Crippen molar-refractivity contribution in [2.24, 2.45) is 10.4 Å². The van der Waals surface area contributed by atoms with Gasteiger partial charge in [0.15, 0.2) is 0 Å². The van der Waals surface area contributed by atoms with Crippen molar-refractivity contribution in [2.45, 2.75) is 53.2 Å². The van der Waals surface area contributed by atoms with Crippen molar-refractivity contribution in [1.29, 1.82) is 0 Å². The molecule has 1 aliphatic rings. The molecule has 0 bridgehead atoms. The lowest BCUT2D eigenvalue weighted by atomic mass is 9.91. The fraction of sp³-hybridized carbons (Fsp3) is 0.433. The van der Waals surface area contributed by atoms with Gasteiger partial charge in [-0.05, 0) is 42.6 Å². The zero-order valence-corrected chi connectivity index (χ0v) is 23.0. The zero-order chi connectivity index (χ0) is 28.0. The molecule has 0 aromatic heterocycles. The number of allylic oxidation sites excluding steroid dienone is 3. The quantitative estimate of drug-likeness (QED) is 0.346. The summed E-state index contributed by atoms with van der Waals surface area (Å²) in [5.41, 5.74) is 3.09. The van der Waals surface area contributed by atoms with Gasteiger partial charge in [0.1, 0.15) is 6.61 Å². The van der Waals surface area contributed by atoms with Crippen LogP contribution in [0.5, 0.6) is 0 Å². The summed E-state index contributed by atoms with van der Waals surface area (Å²) >= 11 is 0. The Balaban J connectivity index is 2.24. The molecule has 206 valence electrons. The summed E-state index contributed by atoms with van der Waals surface area (Å²) in [5, 5.41) is 14.7. The van der Waals surface area contributed by atoms with E-state index in [4.69, 9.17) is 14.6 Å². The van der Waals surface area contributed by atoms with Gasteiger partial charge in [-0.15, -0.1) is 0 Å². The van der Waals surface area contributed by atoms with Gasteiger partial charge in [-0.3, -0.25) is 9.79 Å². The Morgan fingerprint density at radius 3 is 2.55 bits per heavy atom. The molecule has 3 N–H and O–H groups in total. The molecule has 0 saturated carbocycles. The van der Waals surface area contributed by atoms with E-state index < -0.39 is 17.6 Å². The molecule has 8 nitrogen and oxygen atoms in total. The Morgan fingerprint density at radius 1 is 1.13 bits per heavy atom. The van der Waals surface area contributed by atoms with Crippen LogP contribution in [0.25, 0.3) is 0 Å². The van der Waals surface area contributed by atoms with Crippen LogP contribution in [0.2, 0.25) is 0 Å². The number of aliphatic hydroxyl groups is 1. The summed E-state index contributed by atoms with van der Waals surface area (Å²) < 4.78 is 11.5. The predicted molar refractivity (Wildman–Crippen MR) is 151 cm³/mol. The lowest BCUT2D eigenvalue weighted by Gasteiger charge is -2.27. The second kappa shape index (κ2) is 15.7. The van der Waals surface area contributed by atoms with Crippen LogP contribution in [0, 0.1) is 5.41 Å². The molecule has 8 heteroatoms. The summed E-state index contributed by atoms with van der Waals surface area (Å²) in [4.78, 5) is 29.7. The molecule has 1 aromatic rings. The Hall–Kier alpha value is -3.49. The lowest BCUT2D eigenvalue weighted by Crippen LogP contribution is -2.45. The fourth-order valence-electron chi connectivity index (χ4n) is 3.39. The number of carbonyl (C=O) groups excluding carboxylic acids is 2. The zero-order valence-electron chi connectivity index (χ0n) is 23.0. The van der Waals surface area contributed by atoms with Gasteiger partial charge < -0.3 is 25.2 Å². The number of amides is 2. The highest BCUT2D eigenvalue weighted by Gasteiger charge is 2.28. The molecule has 0 unspecified atom stereocenters. The van der Waals surface area contributed by atoms with Crippen molar-refractivity contribution < 1.29 is 24.2 Å². The minimum absolute atomic E-state index is 0.0177. The Labute approximate surface area is 226 Å². The highest BCUT2D eigenvalue weighted by molar-refractivity contribution is 5.93. The average molecular weight is 524 g/mol. The Kier molecular flexibility index (Phi) is 12.7. The van der Waals surface area contributed by atoms with Crippen molar-refractivity contribution in [2.75, 3.05) is 26.4 Å². The SMILES string of the molecule is C=C1\C(COC(=O)NCCCCO)=C/C=C\C(C)=N\C=C/1[C@@H](COCc1ccccc1)NC(=O)C(C)(C)C. The number of hydrogen-bond acceptors (Lipinski definition) is 6. The maximum Gasteiger partial charge on any atom is 0.407 e. The summed E-state index contributed by atoms with van der Waals surface area (Å²) in [6.45, 7) is 12.8. The number of carbonyl (C=O) groups is 2. The van der Waals surface area contributed by atoms with E-state index >= 15 is 0 Å². The molecule has 2 amide bonds. The first-order valence-corrected chi connectivity index (χ1v) is 12.9.